The van der Waals surface area contributed by atoms with E-state index in [0.717, 1.165) is 6.04 Å². The van der Waals surface area contributed by atoms with Crippen molar-refractivity contribution in [2.24, 2.45) is 0 Å². The van der Waals surface area contributed by atoms with E-state index >= 15 is 0 Å². The summed E-state index contributed by atoms with van der Waals surface area (Å²) in [6.45, 7) is 4.62. The van der Waals surface area contributed by atoms with Crippen LogP contribution in [0.5, 0.6) is 0 Å². The second-order valence-electron chi connectivity index (χ2n) is 3.70. The maximum absolute atomic E-state index is 2.65. The van der Waals surface area contributed by atoms with Gasteiger partial charge in [-0.25, -0.2) is 0 Å². The molecular weight excluding hydrogens is 138 g/mol. The number of hydrogen-bond donors (Lipinski definition) is 0. The zero-order valence-electron chi connectivity index (χ0n) is 7.43. The molecule has 1 fully saturated rings. The quantitative estimate of drug-likeness (QED) is 0.553. The first-order chi connectivity index (χ1) is 4.72. The molecule has 0 radical (unpaired) electrons. The summed E-state index contributed by atoms with van der Waals surface area (Å²) in [7, 11) is 1.91. The lowest BCUT2D eigenvalue weighted by Gasteiger charge is -2.26. The summed E-state index contributed by atoms with van der Waals surface area (Å²) < 4.78 is 2.65. The number of nitrogens with zero attached hydrogens (tertiary/aromatic N) is 1. The van der Waals surface area contributed by atoms with E-state index in [9.17, 15) is 0 Å². The van der Waals surface area contributed by atoms with Gasteiger partial charge in [0, 0.05) is 0 Å². The highest BCUT2D eigenvalue weighted by atomic mass is 28.3. The molecular formula is C8H19NSi. The van der Waals surface area contributed by atoms with Gasteiger partial charge >= 0.3 is 0 Å². The predicted molar refractivity (Wildman–Crippen MR) is 48.9 cm³/mol. The fourth-order valence-corrected chi connectivity index (χ4v) is 5.20. The van der Waals surface area contributed by atoms with Crippen LogP contribution < -0.4 is 0 Å². The molecule has 0 atom stereocenters. The molecule has 0 spiro atoms. The van der Waals surface area contributed by atoms with E-state index in [-0.39, 0.29) is 0 Å². The van der Waals surface area contributed by atoms with Crippen molar-refractivity contribution in [3.8, 4) is 0 Å². The third-order valence-electron chi connectivity index (χ3n) is 2.72. The number of rotatable bonds is 2. The third-order valence-corrected chi connectivity index (χ3v) is 6.61. The number of hydrogen-bond acceptors (Lipinski definition) is 1. The predicted octanol–water partition coefficient (Wildman–Crippen LogP) is 1.84. The van der Waals surface area contributed by atoms with Crippen LogP contribution >= 0.6 is 0 Å². The van der Waals surface area contributed by atoms with Gasteiger partial charge in [-0.15, -0.1) is 0 Å². The first-order valence-electron chi connectivity index (χ1n) is 4.43. The molecule has 0 N–H and O–H groups in total. The monoisotopic (exact) mass is 157 g/mol. The molecule has 1 heterocycles. The summed E-state index contributed by atoms with van der Waals surface area (Å²) in [5.41, 5.74) is 0. The summed E-state index contributed by atoms with van der Waals surface area (Å²) in [4.78, 5) is 0. The molecule has 1 nitrogen and oxygen atoms in total. The van der Waals surface area contributed by atoms with E-state index in [1.807, 2.05) is 0 Å². The van der Waals surface area contributed by atoms with Crippen LogP contribution in [-0.2, 0) is 0 Å². The van der Waals surface area contributed by atoms with Crippen molar-refractivity contribution in [1.82, 2.24) is 4.57 Å². The van der Waals surface area contributed by atoms with Crippen LogP contribution in [0.2, 0.25) is 12.1 Å². The highest BCUT2D eigenvalue weighted by molar-refractivity contribution is 6.56. The van der Waals surface area contributed by atoms with Crippen LogP contribution in [-0.4, -0.2) is 26.6 Å². The Morgan fingerprint density at radius 2 is 1.70 bits per heavy atom. The largest absolute Gasteiger partial charge is 0.327 e. The molecule has 0 amide bonds. The minimum atomic E-state index is -0.400. The van der Waals surface area contributed by atoms with Crippen LogP contribution in [0, 0.1) is 0 Å². The standard InChI is InChI=1S/C8H19NSi/c1-8(2)9(3)10-6-4-5-7-10/h8,10H,4-7H2,1-3H3. The van der Waals surface area contributed by atoms with Gasteiger partial charge in [0.05, 0.1) is 0 Å². The van der Waals surface area contributed by atoms with Gasteiger partial charge < -0.3 is 4.57 Å². The molecule has 0 saturated carbocycles. The van der Waals surface area contributed by atoms with Crippen LogP contribution in [0.1, 0.15) is 26.7 Å². The minimum absolute atomic E-state index is 0.400. The van der Waals surface area contributed by atoms with Crippen molar-refractivity contribution in [1.29, 1.82) is 0 Å². The van der Waals surface area contributed by atoms with Crippen LogP contribution in [0.15, 0.2) is 0 Å². The molecule has 1 aliphatic rings. The lowest BCUT2D eigenvalue weighted by atomic mass is 10.4. The maximum atomic E-state index is 2.65. The summed E-state index contributed by atoms with van der Waals surface area (Å²) in [6.07, 6.45) is 3.02. The lowest BCUT2D eigenvalue weighted by Crippen LogP contribution is -2.38. The van der Waals surface area contributed by atoms with Crippen molar-refractivity contribution >= 4 is 8.96 Å². The molecule has 0 unspecified atom stereocenters. The molecule has 10 heavy (non-hydrogen) atoms. The highest BCUT2D eigenvalue weighted by Crippen LogP contribution is 2.22. The zero-order valence-corrected chi connectivity index (χ0v) is 8.59. The molecule has 0 aromatic rings. The highest BCUT2D eigenvalue weighted by Gasteiger charge is 2.22. The van der Waals surface area contributed by atoms with E-state index in [1.54, 1.807) is 12.1 Å². The molecule has 1 saturated heterocycles. The molecule has 1 rings (SSSR count). The smallest absolute Gasteiger partial charge is 0.111 e. The summed E-state index contributed by atoms with van der Waals surface area (Å²) in [5, 5.41) is 0. The van der Waals surface area contributed by atoms with Gasteiger partial charge in [-0.2, -0.15) is 0 Å². The van der Waals surface area contributed by atoms with Gasteiger partial charge in [0.1, 0.15) is 8.96 Å². The SMILES string of the molecule is CC(C)N(C)[SiH]1CCCC1. The molecule has 0 aliphatic carbocycles. The first-order valence-corrected chi connectivity index (χ1v) is 6.58. The van der Waals surface area contributed by atoms with Gasteiger partial charge in [0.15, 0.2) is 0 Å². The Morgan fingerprint density at radius 3 is 2.10 bits per heavy atom. The Hall–Kier alpha value is 0.177. The Kier molecular flexibility index (Phi) is 2.92. The van der Waals surface area contributed by atoms with Gasteiger partial charge in [0.2, 0.25) is 0 Å². The molecule has 60 valence electrons. The van der Waals surface area contributed by atoms with Crippen LogP contribution in [0.25, 0.3) is 0 Å². The second-order valence-corrected chi connectivity index (χ2v) is 6.97. The van der Waals surface area contributed by atoms with Crippen molar-refractivity contribution in [3.05, 3.63) is 0 Å². The fourth-order valence-electron chi connectivity index (χ4n) is 1.73. The molecule has 0 aromatic carbocycles. The summed E-state index contributed by atoms with van der Waals surface area (Å²) in [6, 6.07) is 3.92. The summed E-state index contributed by atoms with van der Waals surface area (Å²) in [5.74, 6) is 0. The fraction of sp³-hybridized carbons (Fsp3) is 1.00. The van der Waals surface area contributed by atoms with E-state index in [4.69, 9.17) is 0 Å². The van der Waals surface area contributed by atoms with Crippen molar-refractivity contribution < 1.29 is 0 Å². The van der Waals surface area contributed by atoms with E-state index in [0.29, 0.717) is 0 Å². The third kappa shape index (κ3) is 1.83. The average molecular weight is 157 g/mol. The topological polar surface area (TPSA) is 3.24 Å². The average Bonchev–Trinajstić information content (AvgIpc) is 2.36. The molecule has 2 heteroatoms. The Balaban J connectivity index is 2.32. The Labute approximate surface area is 66.1 Å². The van der Waals surface area contributed by atoms with Crippen molar-refractivity contribution in [3.63, 3.8) is 0 Å². The summed E-state index contributed by atoms with van der Waals surface area (Å²) >= 11 is 0. The lowest BCUT2D eigenvalue weighted by molar-refractivity contribution is 0.430. The van der Waals surface area contributed by atoms with Gasteiger partial charge in [-0.1, -0.05) is 26.7 Å². The second kappa shape index (κ2) is 3.53. The first kappa shape index (κ1) is 8.28. The molecule has 1 aliphatic heterocycles. The Morgan fingerprint density at radius 1 is 1.20 bits per heavy atom. The maximum Gasteiger partial charge on any atom is 0.111 e. The van der Waals surface area contributed by atoms with E-state index in [1.165, 1.54) is 12.8 Å². The molecule has 0 bridgehead atoms. The minimum Gasteiger partial charge on any atom is -0.327 e. The van der Waals surface area contributed by atoms with Crippen molar-refractivity contribution in [2.45, 2.75) is 44.8 Å². The van der Waals surface area contributed by atoms with Crippen LogP contribution in [0.4, 0.5) is 0 Å². The van der Waals surface area contributed by atoms with Gasteiger partial charge in [0.25, 0.3) is 0 Å². The van der Waals surface area contributed by atoms with Gasteiger partial charge in [-0.05, 0) is 25.2 Å². The van der Waals surface area contributed by atoms with Crippen molar-refractivity contribution in [2.75, 3.05) is 7.05 Å². The van der Waals surface area contributed by atoms with E-state index < -0.39 is 8.96 Å². The van der Waals surface area contributed by atoms with E-state index in [2.05, 4.69) is 25.5 Å². The van der Waals surface area contributed by atoms with Crippen LogP contribution in [0.3, 0.4) is 0 Å². The van der Waals surface area contributed by atoms with Gasteiger partial charge in [-0.3, -0.25) is 0 Å². The Bertz CT molecular complexity index is 97.4. The molecule has 0 aromatic heterocycles. The normalized spacial score (nSPS) is 21.3. The zero-order chi connectivity index (χ0) is 7.56.